The Morgan fingerprint density at radius 2 is 1.94 bits per heavy atom. The third-order valence-electron chi connectivity index (χ3n) is 3.60. The van der Waals surface area contributed by atoms with Crippen molar-refractivity contribution in [1.82, 2.24) is 0 Å². The first kappa shape index (κ1) is 13.0. The molecule has 16 heavy (non-hydrogen) atoms. The van der Waals surface area contributed by atoms with Gasteiger partial charge in [-0.2, -0.15) is 0 Å². The molecule has 0 amide bonds. The van der Waals surface area contributed by atoms with Crippen molar-refractivity contribution in [2.45, 2.75) is 46.2 Å². The topological polar surface area (TPSA) is 29.3 Å². The second-order valence-electron chi connectivity index (χ2n) is 5.06. The Balaban J connectivity index is 3.16. The third-order valence-corrected chi connectivity index (χ3v) is 3.60. The smallest absolute Gasteiger partial charge is 0.0416 e. The van der Waals surface area contributed by atoms with Crippen LogP contribution in [0.2, 0.25) is 0 Å². The van der Waals surface area contributed by atoms with E-state index in [2.05, 4.69) is 57.8 Å². The van der Waals surface area contributed by atoms with Crippen molar-refractivity contribution >= 4 is 5.69 Å². The molecule has 0 bridgehead atoms. The summed E-state index contributed by atoms with van der Waals surface area (Å²) in [5, 5.41) is 0. The van der Waals surface area contributed by atoms with Crippen molar-refractivity contribution in [3.63, 3.8) is 0 Å². The average Bonchev–Trinajstić information content (AvgIpc) is 2.28. The molecular weight excluding hydrogens is 196 g/mol. The Labute approximate surface area is 99.5 Å². The standard InChI is InChI=1S/C14H24N2/c1-6-14(3,4)16(5)13-9-11(2)7-8-12(13)10-15/h7-9H,6,10,15H2,1-5H3. The molecule has 1 aromatic rings. The van der Waals surface area contributed by atoms with Crippen LogP contribution in [0.25, 0.3) is 0 Å². The van der Waals surface area contributed by atoms with Crippen molar-refractivity contribution in [3.05, 3.63) is 29.3 Å². The number of nitrogens with zero attached hydrogens (tertiary/aromatic N) is 1. The van der Waals surface area contributed by atoms with Crippen molar-refractivity contribution in [2.24, 2.45) is 5.73 Å². The van der Waals surface area contributed by atoms with E-state index >= 15 is 0 Å². The average molecular weight is 220 g/mol. The lowest BCUT2D eigenvalue weighted by molar-refractivity contribution is 0.469. The van der Waals surface area contributed by atoms with Gasteiger partial charge in [0.2, 0.25) is 0 Å². The highest BCUT2D eigenvalue weighted by molar-refractivity contribution is 5.56. The second-order valence-corrected chi connectivity index (χ2v) is 5.06. The molecular formula is C14H24N2. The van der Waals surface area contributed by atoms with E-state index in [0.717, 1.165) is 6.42 Å². The van der Waals surface area contributed by atoms with Crippen LogP contribution >= 0.6 is 0 Å². The number of anilines is 1. The summed E-state index contributed by atoms with van der Waals surface area (Å²) in [6.07, 6.45) is 1.11. The number of benzene rings is 1. The van der Waals surface area contributed by atoms with Gasteiger partial charge in [0, 0.05) is 24.8 Å². The third kappa shape index (κ3) is 2.56. The highest BCUT2D eigenvalue weighted by atomic mass is 15.2. The summed E-state index contributed by atoms with van der Waals surface area (Å²) in [4.78, 5) is 2.34. The van der Waals surface area contributed by atoms with E-state index in [4.69, 9.17) is 5.73 Å². The van der Waals surface area contributed by atoms with Gasteiger partial charge in [-0.15, -0.1) is 0 Å². The van der Waals surface area contributed by atoms with Crippen LogP contribution in [0.4, 0.5) is 5.69 Å². The summed E-state index contributed by atoms with van der Waals surface area (Å²) in [7, 11) is 2.15. The minimum atomic E-state index is 0.164. The van der Waals surface area contributed by atoms with Gasteiger partial charge in [0.05, 0.1) is 0 Å². The Morgan fingerprint density at radius 1 is 1.31 bits per heavy atom. The van der Waals surface area contributed by atoms with Crippen LogP contribution in [0, 0.1) is 6.92 Å². The Hall–Kier alpha value is -1.02. The molecule has 0 fully saturated rings. The van der Waals surface area contributed by atoms with Gasteiger partial charge >= 0.3 is 0 Å². The van der Waals surface area contributed by atoms with Gasteiger partial charge in [-0.05, 0) is 44.4 Å². The maximum atomic E-state index is 5.80. The van der Waals surface area contributed by atoms with E-state index in [9.17, 15) is 0 Å². The molecule has 0 aromatic heterocycles. The van der Waals surface area contributed by atoms with Crippen LogP contribution in [-0.4, -0.2) is 12.6 Å². The zero-order valence-corrected chi connectivity index (χ0v) is 11.2. The molecule has 0 aliphatic rings. The highest BCUT2D eigenvalue weighted by Gasteiger charge is 2.22. The number of nitrogens with two attached hydrogens (primary N) is 1. The summed E-state index contributed by atoms with van der Waals surface area (Å²) < 4.78 is 0. The molecule has 0 atom stereocenters. The van der Waals surface area contributed by atoms with E-state index in [-0.39, 0.29) is 5.54 Å². The predicted molar refractivity (Wildman–Crippen MR) is 71.8 cm³/mol. The molecule has 0 spiro atoms. The summed E-state index contributed by atoms with van der Waals surface area (Å²) in [6, 6.07) is 6.48. The quantitative estimate of drug-likeness (QED) is 0.845. The van der Waals surface area contributed by atoms with Gasteiger partial charge < -0.3 is 10.6 Å². The number of aryl methyl sites for hydroxylation is 1. The molecule has 0 unspecified atom stereocenters. The molecule has 0 heterocycles. The minimum absolute atomic E-state index is 0.164. The normalized spacial score (nSPS) is 11.6. The molecule has 0 aliphatic heterocycles. The fourth-order valence-electron chi connectivity index (χ4n) is 1.72. The minimum Gasteiger partial charge on any atom is -0.369 e. The van der Waals surface area contributed by atoms with Gasteiger partial charge in [0.15, 0.2) is 0 Å². The van der Waals surface area contributed by atoms with Crippen LogP contribution in [0.5, 0.6) is 0 Å². The Kier molecular flexibility index (Phi) is 3.98. The lowest BCUT2D eigenvalue weighted by Crippen LogP contribution is -2.41. The van der Waals surface area contributed by atoms with Gasteiger partial charge in [-0.1, -0.05) is 19.1 Å². The molecule has 90 valence electrons. The second kappa shape index (κ2) is 4.88. The number of hydrogen-bond donors (Lipinski definition) is 1. The molecule has 2 nitrogen and oxygen atoms in total. The highest BCUT2D eigenvalue weighted by Crippen LogP contribution is 2.28. The van der Waals surface area contributed by atoms with Gasteiger partial charge in [-0.3, -0.25) is 0 Å². The molecule has 2 N–H and O–H groups in total. The maximum Gasteiger partial charge on any atom is 0.0416 e. The lowest BCUT2D eigenvalue weighted by Gasteiger charge is -2.38. The summed E-state index contributed by atoms with van der Waals surface area (Å²) >= 11 is 0. The number of rotatable bonds is 4. The van der Waals surface area contributed by atoms with Crippen LogP contribution in [-0.2, 0) is 6.54 Å². The molecule has 0 saturated carbocycles. The van der Waals surface area contributed by atoms with Gasteiger partial charge in [0.1, 0.15) is 0 Å². The van der Waals surface area contributed by atoms with Gasteiger partial charge in [-0.25, -0.2) is 0 Å². The first-order chi connectivity index (χ1) is 7.42. The fourth-order valence-corrected chi connectivity index (χ4v) is 1.72. The summed E-state index contributed by atoms with van der Waals surface area (Å²) in [6.45, 7) is 9.45. The van der Waals surface area contributed by atoms with Crippen molar-refractivity contribution in [1.29, 1.82) is 0 Å². The molecule has 1 rings (SSSR count). The van der Waals surface area contributed by atoms with Crippen LogP contribution < -0.4 is 10.6 Å². The van der Waals surface area contributed by atoms with E-state index in [1.807, 2.05) is 0 Å². The molecule has 0 aliphatic carbocycles. The molecule has 0 saturated heterocycles. The van der Waals surface area contributed by atoms with Gasteiger partial charge in [0.25, 0.3) is 0 Å². The van der Waals surface area contributed by atoms with Crippen molar-refractivity contribution in [2.75, 3.05) is 11.9 Å². The zero-order valence-electron chi connectivity index (χ0n) is 11.2. The fraction of sp³-hybridized carbons (Fsp3) is 0.571. The monoisotopic (exact) mass is 220 g/mol. The summed E-state index contributed by atoms with van der Waals surface area (Å²) in [5.74, 6) is 0. The lowest BCUT2D eigenvalue weighted by atomic mass is 9.97. The van der Waals surface area contributed by atoms with Crippen LogP contribution in [0.15, 0.2) is 18.2 Å². The molecule has 1 aromatic carbocycles. The van der Waals surface area contributed by atoms with Crippen LogP contribution in [0.1, 0.15) is 38.3 Å². The first-order valence-electron chi connectivity index (χ1n) is 5.95. The van der Waals surface area contributed by atoms with E-state index in [1.54, 1.807) is 0 Å². The first-order valence-corrected chi connectivity index (χ1v) is 5.95. The largest absolute Gasteiger partial charge is 0.369 e. The maximum absolute atomic E-state index is 5.80. The Bertz CT molecular complexity index is 356. The van der Waals surface area contributed by atoms with E-state index in [1.165, 1.54) is 16.8 Å². The molecule has 0 radical (unpaired) electrons. The van der Waals surface area contributed by atoms with E-state index in [0.29, 0.717) is 6.54 Å². The van der Waals surface area contributed by atoms with Crippen molar-refractivity contribution < 1.29 is 0 Å². The zero-order chi connectivity index (χ0) is 12.3. The predicted octanol–water partition coefficient (Wildman–Crippen LogP) is 3.08. The van der Waals surface area contributed by atoms with Crippen molar-refractivity contribution in [3.8, 4) is 0 Å². The van der Waals surface area contributed by atoms with E-state index < -0.39 is 0 Å². The van der Waals surface area contributed by atoms with Crippen LogP contribution in [0.3, 0.4) is 0 Å². The summed E-state index contributed by atoms with van der Waals surface area (Å²) in [5.41, 5.74) is 9.72. The number of hydrogen-bond acceptors (Lipinski definition) is 2. The molecule has 2 heteroatoms. The SMILES string of the molecule is CCC(C)(C)N(C)c1cc(C)ccc1CN. The Morgan fingerprint density at radius 3 is 2.44 bits per heavy atom.